The van der Waals surface area contributed by atoms with Crippen molar-refractivity contribution in [2.75, 3.05) is 0 Å². The molecule has 6 nitrogen and oxygen atoms in total. The monoisotopic (exact) mass is 280 g/mol. The maximum Gasteiger partial charge on any atom is 0.408 e. The molecule has 0 heterocycles. The maximum atomic E-state index is 11.8. The lowest BCUT2D eigenvalue weighted by molar-refractivity contribution is -0.523. The van der Waals surface area contributed by atoms with Crippen molar-refractivity contribution in [2.24, 2.45) is 0 Å². The van der Waals surface area contributed by atoms with E-state index in [1.807, 2.05) is 6.07 Å². The number of amides is 1. The lowest BCUT2D eigenvalue weighted by Crippen LogP contribution is -2.41. The Kier molecular flexibility index (Phi) is 5.07. The predicted octanol–water partition coefficient (Wildman–Crippen LogP) is 2.92. The minimum absolute atomic E-state index is 0.422. The molecule has 0 fully saturated rings. The first-order chi connectivity index (χ1) is 9.20. The molecule has 20 heavy (non-hydrogen) atoms. The highest BCUT2D eigenvalue weighted by atomic mass is 16.6. The second kappa shape index (κ2) is 6.36. The molecular formula is C14H20N2O4. The summed E-state index contributed by atoms with van der Waals surface area (Å²) in [6.07, 6.45) is -0.667. The molecule has 6 heteroatoms. The van der Waals surface area contributed by atoms with Gasteiger partial charge in [-0.05, 0) is 26.3 Å². The lowest BCUT2D eigenvalue weighted by atomic mass is 10.0. The zero-order valence-electron chi connectivity index (χ0n) is 12.1. The summed E-state index contributed by atoms with van der Waals surface area (Å²) in [6.45, 7) is 6.66. The first-order valence-electron chi connectivity index (χ1n) is 6.38. The van der Waals surface area contributed by atoms with Gasteiger partial charge in [-0.2, -0.15) is 0 Å². The largest absolute Gasteiger partial charge is 0.444 e. The molecule has 2 unspecified atom stereocenters. The van der Waals surface area contributed by atoms with Crippen LogP contribution in [-0.2, 0) is 4.74 Å². The summed E-state index contributed by atoms with van der Waals surface area (Å²) in [5.41, 5.74) is 0.0194. The third-order valence-corrected chi connectivity index (χ3v) is 2.65. The molecule has 2 atom stereocenters. The van der Waals surface area contributed by atoms with Gasteiger partial charge in [0.2, 0.25) is 6.04 Å². The summed E-state index contributed by atoms with van der Waals surface area (Å²) in [5.74, 6) is 0. The number of nitrogens with one attached hydrogen (secondary N) is 1. The Morgan fingerprint density at radius 1 is 1.30 bits per heavy atom. The van der Waals surface area contributed by atoms with Gasteiger partial charge in [-0.25, -0.2) is 4.79 Å². The van der Waals surface area contributed by atoms with E-state index in [9.17, 15) is 14.9 Å². The molecule has 1 rings (SSSR count). The summed E-state index contributed by atoms with van der Waals surface area (Å²) in [4.78, 5) is 22.4. The Morgan fingerprint density at radius 3 is 2.30 bits per heavy atom. The van der Waals surface area contributed by atoms with Gasteiger partial charge in [0, 0.05) is 11.8 Å². The minimum atomic E-state index is -0.954. The second-order valence-electron chi connectivity index (χ2n) is 5.56. The van der Waals surface area contributed by atoms with Gasteiger partial charge in [0.1, 0.15) is 11.6 Å². The van der Waals surface area contributed by atoms with Crippen LogP contribution in [0.15, 0.2) is 30.3 Å². The molecule has 0 aliphatic carbocycles. The number of benzene rings is 1. The van der Waals surface area contributed by atoms with E-state index in [4.69, 9.17) is 4.74 Å². The van der Waals surface area contributed by atoms with E-state index in [1.54, 1.807) is 45.0 Å². The number of hydrogen-bond acceptors (Lipinski definition) is 4. The quantitative estimate of drug-likeness (QED) is 0.679. The average molecular weight is 280 g/mol. The Bertz CT molecular complexity index is 468. The SMILES string of the molecule is CC(C(NC(=O)OC(C)(C)C)c1ccccc1)[N+](=O)[O-]. The fraction of sp³-hybridized carbons (Fsp3) is 0.500. The van der Waals surface area contributed by atoms with Crippen LogP contribution in [0.1, 0.15) is 39.3 Å². The second-order valence-corrected chi connectivity index (χ2v) is 5.56. The van der Waals surface area contributed by atoms with Gasteiger partial charge >= 0.3 is 6.09 Å². The van der Waals surface area contributed by atoms with E-state index in [0.29, 0.717) is 5.56 Å². The van der Waals surface area contributed by atoms with Gasteiger partial charge in [0.25, 0.3) is 0 Å². The van der Waals surface area contributed by atoms with E-state index in [2.05, 4.69) is 5.32 Å². The summed E-state index contributed by atoms with van der Waals surface area (Å²) in [6, 6.07) is 7.14. The number of carbonyl (C=O) groups excluding carboxylic acids is 1. The highest BCUT2D eigenvalue weighted by Gasteiger charge is 2.31. The number of alkyl carbamates (subject to hydrolysis) is 1. The molecule has 0 aliphatic rings. The van der Waals surface area contributed by atoms with Crippen molar-refractivity contribution < 1.29 is 14.5 Å². The topological polar surface area (TPSA) is 81.5 Å². The molecule has 1 amide bonds. The Balaban J connectivity index is 2.90. The summed E-state index contributed by atoms with van der Waals surface area (Å²) >= 11 is 0. The number of nitro groups is 1. The van der Waals surface area contributed by atoms with Crippen LogP contribution in [0.3, 0.4) is 0 Å². The van der Waals surface area contributed by atoms with Crippen LogP contribution in [0.5, 0.6) is 0 Å². The number of hydrogen-bond donors (Lipinski definition) is 1. The van der Waals surface area contributed by atoms with E-state index in [0.717, 1.165) is 0 Å². The fourth-order valence-electron chi connectivity index (χ4n) is 1.70. The van der Waals surface area contributed by atoms with E-state index >= 15 is 0 Å². The molecule has 0 aromatic heterocycles. The minimum Gasteiger partial charge on any atom is -0.444 e. The summed E-state index contributed by atoms with van der Waals surface area (Å²) in [7, 11) is 0. The molecule has 1 aromatic rings. The van der Waals surface area contributed by atoms with Gasteiger partial charge in [-0.3, -0.25) is 10.1 Å². The van der Waals surface area contributed by atoms with Crippen molar-refractivity contribution >= 4 is 6.09 Å². The van der Waals surface area contributed by atoms with Crippen LogP contribution >= 0.6 is 0 Å². The molecule has 0 aliphatic heterocycles. The highest BCUT2D eigenvalue weighted by molar-refractivity contribution is 5.68. The Hall–Kier alpha value is -2.11. The molecule has 0 radical (unpaired) electrons. The summed E-state index contributed by atoms with van der Waals surface area (Å²) < 4.78 is 5.15. The molecular weight excluding hydrogens is 260 g/mol. The zero-order chi connectivity index (χ0) is 15.3. The van der Waals surface area contributed by atoms with E-state index in [-0.39, 0.29) is 0 Å². The molecule has 0 saturated heterocycles. The Morgan fingerprint density at radius 2 is 1.85 bits per heavy atom. The van der Waals surface area contributed by atoms with Crippen molar-refractivity contribution in [2.45, 2.75) is 45.4 Å². The normalized spacial score (nSPS) is 14.2. The molecule has 0 saturated carbocycles. The van der Waals surface area contributed by atoms with Gasteiger partial charge in [0.15, 0.2) is 0 Å². The lowest BCUT2D eigenvalue weighted by Gasteiger charge is -2.24. The van der Waals surface area contributed by atoms with E-state index in [1.165, 1.54) is 6.92 Å². The zero-order valence-corrected chi connectivity index (χ0v) is 12.1. The van der Waals surface area contributed by atoms with Crippen LogP contribution in [0.25, 0.3) is 0 Å². The standard InChI is InChI=1S/C14H20N2O4/c1-10(16(18)19)12(11-8-6-5-7-9-11)15-13(17)20-14(2,3)4/h5-10,12H,1-4H3,(H,15,17). The fourth-order valence-corrected chi connectivity index (χ4v) is 1.70. The maximum absolute atomic E-state index is 11.8. The van der Waals surface area contributed by atoms with Gasteiger partial charge in [-0.1, -0.05) is 30.3 Å². The van der Waals surface area contributed by atoms with Gasteiger partial charge in [-0.15, -0.1) is 0 Å². The van der Waals surface area contributed by atoms with Crippen molar-refractivity contribution in [3.8, 4) is 0 Å². The van der Waals surface area contributed by atoms with Crippen LogP contribution in [-0.4, -0.2) is 22.7 Å². The van der Waals surface area contributed by atoms with Crippen molar-refractivity contribution in [3.63, 3.8) is 0 Å². The highest BCUT2D eigenvalue weighted by Crippen LogP contribution is 2.19. The third-order valence-electron chi connectivity index (χ3n) is 2.65. The Labute approximate surface area is 118 Å². The molecule has 1 aromatic carbocycles. The van der Waals surface area contributed by atoms with E-state index < -0.39 is 28.7 Å². The first kappa shape index (κ1) is 15.9. The smallest absolute Gasteiger partial charge is 0.408 e. The van der Waals surface area contributed by atoms with Crippen molar-refractivity contribution in [1.29, 1.82) is 0 Å². The van der Waals surface area contributed by atoms with Crippen LogP contribution in [0, 0.1) is 10.1 Å². The average Bonchev–Trinajstić information content (AvgIpc) is 2.34. The van der Waals surface area contributed by atoms with Gasteiger partial charge < -0.3 is 10.1 Å². The number of rotatable bonds is 4. The van der Waals surface area contributed by atoms with Crippen molar-refractivity contribution in [3.05, 3.63) is 46.0 Å². The first-order valence-corrected chi connectivity index (χ1v) is 6.38. The van der Waals surface area contributed by atoms with Crippen LogP contribution in [0.2, 0.25) is 0 Å². The van der Waals surface area contributed by atoms with Crippen molar-refractivity contribution in [1.82, 2.24) is 5.32 Å². The third kappa shape index (κ3) is 4.87. The number of carbonyl (C=O) groups is 1. The number of ether oxygens (including phenoxy) is 1. The van der Waals surface area contributed by atoms with Gasteiger partial charge in [0.05, 0.1) is 0 Å². The van der Waals surface area contributed by atoms with Crippen LogP contribution < -0.4 is 5.32 Å². The summed E-state index contributed by atoms with van der Waals surface area (Å²) in [5, 5.41) is 13.6. The molecule has 1 N–H and O–H groups in total. The predicted molar refractivity (Wildman–Crippen MR) is 75.0 cm³/mol. The molecule has 110 valence electrons. The van der Waals surface area contributed by atoms with Crippen LogP contribution in [0.4, 0.5) is 4.79 Å². The number of nitrogens with zero attached hydrogens (tertiary/aromatic N) is 1. The molecule has 0 spiro atoms. The molecule has 0 bridgehead atoms.